The molecule has 0 unspecified atom stereocenters. The number of carboxylic acids is 1. The molecule has 2 rings (SSSR count). The number of carbonyl (C=O) groups excluding carboxylic acids is 1. The van der Waals surface area contributed by atoms with E-state index in [2.05, 4.69) is 5.32 Å². The van der Waals surface area contributed by atoms with Gasteiger partial charge in [-0.1, -0.05) is 6.07 Å². The molecule has 0 saturated heterocycles. The maximum atomic E-state index is 13.2. The van der Waals surface area contributed by atoms with Gasteiger partial charge in [0.2, 0.25) is 0 Å². The van der Waals surface area contributed by atoms with Crippen molar-refractivity contribution < 1.29 is 19.1 Å². The third-order valence-electron chi connectivity index (χ3n) is 2.80. The molecule has 0 atom stereocenters. The average Bonchev–Trinajstić information content (AvgIpc) is 2.88. The lowest BCUT2D eigenvalue weighted by molar-refractivity contribution is 0.0698. The largest absolute Gasteiger partial charge is 0.478 e. The van der Waals surface area contributed by atoms with Crippen molar-refractivity contribution in [1.82, 2.24) is 0 Å². The van der Waals surface area contributed by atoms with Crippen LogP contribution < -0.4 is 10.2 Å². The second-order valence-electron chi connectivity index (χ2n) is 4.12. The van der Waals surface area contributed by atoms with E-state index in [1.807, 2.05) is 0 Å². The molecule has 2 aromatic rings. The maximum Gasteiger partial charge on any atom is 0.338 e. The van der Waals surface area contributed by atoms with Crippen LogP contribution in [0.2, 0.25) is 0 Å². The van der Waals surface area contributed by atoms with E-state index in [4.69, 9.17) is 5.11 Å². The molecule has 0 radical (unpaired) electrons. The van der Waals surface area contributed by atoms with E-state index in [1.54, 1.807) is 18.4 Å². The van der Waals surface area contributed by atoms with Crippen molar-refractivity contribution in [3.63, 3.8) is 0 Å². The maximum absolute atomic E-state index is 13.2. The minimum atomic E-state index is -1.11. The lowest BCUT2D eigenvalue weighted by Gasteiger charge is -2.21. The van der Waals surface area contributed by atoms with E-state index in [-0.39, 0.29) is 10.6 Å². The fourth-order valence-corrected chi connectivity index (χ4v) is 2.60. The van der Waals surface area contributed by atoms with Crippen molar-refractivity contribution in [3.05, 3.63) is 47.1 Å². The number of hydrogen-bond donors (Lipinski definition) is 2. The van der Waals surface area contributed by atoms with Crippen LogP contribution in [0.15, 0.2) is 35.7 Å². The lowest BCUT2D eigenvalue weighted by atomic mass is 10.3. The molecule has 0 aliphatic carbocycles. The van der Waals surface area contributed by atoms with Crippen molar-refractivity contribution in [2.24, 2.45) is 0 Å². The minimum Gasteiger partial charge on any atom is -0.478 e. The molecule has 1 aromatic heterocycles. The van der Waals surface area contributed by atoms with E-state index in [0.29, 0.717) is 12.2 Å². The Bertz CT molecular complexity index is 672. The topological polar surface area (TPSA) is 69.6 Å². The SMILES string of the molecule is CCN(C(=O)Nc1sccc1C(=O)O)c1cccc(F)c1. The number of nitrogens with one attached hydrogen (secondary N) is 1. The molecule has 1 heterocycles. The predicted molar refractivity (Wildman–Crippen MR) is 79.7 cm³/mol. The summed E-state index contributed by atoms with van der Waals surface area (Å²) in [5.41, 5.74) is 0.437. The number of urea groups is 1. The van der Waals surface area contributed by atoms with Crippen molar-refractivity contribution in [2.45, 2.75) is 6.92 Å². The first-order chi connectivity index (χ1) is 10.0. The fourth-order valence-electron chi connectivity index (χ4n) is 1.83. The third-order valence-corrected chi connectivity index (χ3v) is 3.63. The van der Waals surface area contributed by atoms with E-state index in [1.165, 1.54) is 29.2 Å². The number of carbonyl (C=O) groups is 2. The molecule has 0 aliphatic rings. The van der Waals surface area contributed by atoms with Gasteiger partial charge in [-0.3, -0.25) is 10.2 Å². The summed E-state index contributed by atoms with van der Waals surface area (Å²) in [4.78, 5) is 24.6. The molecule has 0 aliphatic heterocycles. The number of nitrogens with zero attached hydrogens (tertiary/aromatic N) is 1. The van der Waals surface area contributed by atoms with Gasteiger partial charge in [-0.2, -0.15) is 0 Å². The minimum absolute atomic E-state index is 0.0312. The fraction of sp³-hybridized carbons (Fsp3) is 0.143. The number of aromatic carboxylic acids is 1. The molecule has 7 heteroatoms. The Morgan fingerprint density at radius 3 is 2.76 bits per heavy atom. The number of anilines is 2. The highest BCUT2D eigenvalue weighted by molar-refractivity contribution is 7.14. The standard InChI is InChI=1S/C14H13FN2O3S/c1-2-17(10-5-3-4-9(15)8-10)14(20)16-12-11(13(18)19)6-7-21-12/h3-8H,2H2,1H3,(H,16,20)(H,18,19). The summed E-state index contributed by atoms with van der Waals surface area (Å²) in [6, 6.07) is 6.56. The Morgan fingerprint density at radius 1 is 1.38 bits per heavy atom. The molecule has 5 nitrogen and oxygen atoms in total. The molecule has 2 amide bonds. The van der Waals surface area contributed by atoms with Crippen LogP contribution in [0.1, 0.15) is 17.3 Å². The molecule has 0 saturated carbocycles. The summed E-state index contributed by atoms with van der Waals surface area (Å²) in [5, 5.41) is 13.4. The van der Waals surface area contributed by atoms with Crippen LogP contribution in [0.5, 0.6) is 0 Å². The van der Waals surface area contributed by atoms with E-state index < -0.39 is 17.8 Å². The van der Waals surface area contributed by atoms with Crippen LogP contribution >= 0.6 is 11.3 Å². The van der Waals surface area contributed by atoms with Crippen LogP contribution in [-0.4, -0.2) is 23.7 Å². The number of carboxylic acid groups (broad SMARTS) is 1. The van der Waals surface area contributed by atoms with Crippen LogP contribution in [0.3, 0.4) is 0 Å². The first kappa shape index (κ1) is 15.0. The Labute approximate surface area is 124 Å². The van der Waals surface area contributed by atoms with Crippen LogP contribution in [0.4, 0.5) is 19.9 Å². The molecule has 110 valence electrons. The molecular formula is C14H13FN2O3S. The summed E-state index contributed by atoms with van der Waals surface area (Å²) in [6.07, 6.45) is 0. The summed E-state index contributed by atoms with van der Waals surface area (Å²) in [7, 11) is 0. The summed E-state index contributed by atoms with van der Waals surface area (Å²) in [5.74, 6) is -1.55. The summed E-state index contributed by atoms with van der Waals surface area (Å²) in [6.45, 7) is 2.07. The molecule has 0 fully saturated rings. The van der Waals surface area contributed by atoms with Gasteiger partial charge < -0.3 is 5.11 Å². The third kappa shape index (κ3) is 3.38. The lowest BCUT2D eigenvalue weighted by Crippen LogP contribution is -2.34. The number of thiophene rings is 1. The molecule has 0 bridgehead atoms. The van der Waals surface area contributed by atoms with E-state index in [0.717, 1.165) is 11.3 Å². The van der Waals surface area contributed by atoms with Crippen molar-refractivity contribution in [3.8, 4) is 0 Å². The van der Waals surface area contributed by atoms with E-state index >= 15 is 0 Å². The van der Waals surface area contributed by atoms with Gasteiger partial charge in [0.15, 0.2) is 0 Å². The Hall–Kier alpha value is -2.41. The molecule has 0 spiro atoms. The van der Waals surface area contributed by atoms with Crippen molar-refractivity contribution in [2.75, 3.05) is 16.8 Å². The highest BCUT2D eigenvalue weighted by Crippen LogP contribution is 2.24. The zero-order valence-electron chi connectivity index (χ0n) is 11.2. The van der Waals surface area contributed by atoms with E-state index in [9.17, 15) is 14.0 Å². The number of rotatable bonds is 4. The normalized spacial score (nSPS) is 10.2. The Kier molecular flexibility index (Phi) is 4.54. The van der Waals surface area contributed by atoms with Gasteiger partial charge >= 0.3 is 12.0 Å². The molecule has 1 aromatic carbocycles. The first-order valence-electron chi connectivity index (χ1n) is 6.17. The van der Waals surface area contributed by atoms with Crippen molar-refractivity contribution in [1.29, 1.82) is 0 Å². The second kappa shape index (κ2) is 6.36. The zero-order chi connectivity index (χ0) is 15.4. The highest BCUT2D eigenvalue weighted by Gasteiger charge is 2.18. The van der Waals surface area contributed by atoms with Gasteiger partial charge in [0.05, 0.1) is 5.56 Å². The second-order valence-corrected chi connectivity index (χ2v) is 5.04. The van der Waals surface area contributed by atoms with Crippen LogP contribution in [-0.2, 0) is 0 Å². The van der Waals surface area contributed by atoms with Gasteiger partial charge in [0.1, 0.15) is 10.8 Å². The number of benzene rings is 1. The quantitative estimate of drug-likeness (QED) is 0.906. The monoisotopic (exact) mass is 308 g/mol. The number of amides is 2. The van der Waals surface area contributed by atoms with Crippen LogP contribution in [0.25, 0.3) is 0 Å². The van der Waals surface area contributed by atoms with Gasteiger partial charge in [-0.05, 0) is 36.6 Å². The Balaban J connectivity index is 2.21. The van der Waals surface area contributed by atoms with Gasteiger partial charge in [0, 0.05) is 12.2 Å². The highest BCUT2D eigenvalue weighted by atomic mass is 32.1. The molecular weight excluding hydrogens is 295 g/mol. The summed E-state index contributed by atoms with van der Waals surface area (Å²) >= 11 is 1.12. The van der Waals surface area contributed by atoms with Gasteiger partial charge in [0.25, 0.3) is 0 Å². The average molecular weight is 308 g/mol. The van der Waals surface area contributed by atoms with Crippen LogP contribution in [0, 0.1) is 5.82 Å². The number of halogens is 1. The molecule has 21 heavy (non-hydrogen) atoms. The Morgan fingerprint density at radius 2 is 2.14 bits per heavy atom. The van der Waals surface area contributed by atoms with Crippen molar-refractivity contribution >= 4 is 34.0 Å². The first-order valence-corrected chi connectivity index (χ1v) is 7.05. The summed E-state index contributed by atoms with van der Waals surface area (Å²) < 4.78 is 13.2. The molecule has 2 N–H and O–H groups in total. The van der Waals surface area contributed by atoms with Gasteiger partial charge in [-0.15, -0.1) is 11.3 Å². The predicted octanol–water partition coefficient (Wildman–Crippen LogP) is 3.64. The smallest absolute Gasteiger partial charge is 0.338 e. The zero-order valence-corrected chi connectivity index (χ0v) is 12.0. The number of hydrogen-bond acceptors (Lipinski definition) is 3. The van der Waals surface area contributed by atoms with Gasteiger partial charge in [-0.25, -0.2) is 14.0 Å².